The monoisotopic (exact) mass is 535 g/mol. The van der Waals surface area contributed by atoms with Gasteiger partial charge in [0, 0.05) is 6.54 Å². The fraction of sp³-hybridized carbons (Fsp3) is 0.192. The van der Waals surface area contributed by atoms with Crippen molar-refractivity contribution in [2.45, 2.75) is 36.9 Å². The summed E-state index contributed by atoms with van der Waals surface area (Å²) >= 11 is 0. The number of aromatic nitrogens is 2. The Bertz CT molecular complexity index is 1470. The number of alkyl halides is 5. The number of aryl methyl sites for hydroxylation is 3. The molecule has 0 amide bonds. The molecule has 0 fully saturated rings. The van der Waals surface area contributed by atoms with Crippen LogP contribution in [0.3, 0.4) is 0 Å². The van der Waals surface area contributed by atoms with E-state index in [0.29, 0.717) is 10.2 Å². The van der Waals surface area contributed by atoms with E-state index in [2.05, 4.69) is 9.82 Å². The average molecular weight is 536 g/mol. The van der Waals surface area contributed by atoms with Crippen LogP contribution in [0, 0.1) is 6.92 Å². The number of nitrogens with zero attached hydrogens (tertiary/aromatic N) is 2. The Morgan fingerprint density at radius 3 is 1.97 bits per heavy atom. The maximum atomic E-state index is 15.1. The molecule has 0 aliphatic carbocycles. The summed E-state index contributed by atoms with van der Waals surface area (Å²) in [7, 11) is -4.36. The molecule has 11 heteroatoms. The highest BCUT2D eigenvalue weighted by Gasteiger charge is 2.62. The molecule has 37 heavy (non-hydrogen) atoms. The van der Waals surface area contributed by atoms with E-state index in [9.17, 15) is 21.6 Å². The summed E-state index contributed by atoms with van der Waals surface area (Å²) in [6.07, 6.45) is -5.87. The van der Waals surface area contributed by atoms with Crippen molar-refractivity contribution in [3.05, 3.63) is 102 Å². The smallest absolute Gasteiger partial charge is 0.261 e. The van der Waals surface area contributed by atoms with Gasteiger partial charge in [-0.05, 0) is 36.6 Å². The van der Waals surface area contributed by atoms with Gasteiger partial charge in [0.25, 0.3) is 10.0 Å². The molecule has 0 bridgehead atoms. The van der Waals surface area contributed by atoms with E-state index in [0.717, 1.165) is 5.56 Å². The molecule has 0 radical (unpaired) electrons. The summed E-state index contributed by atoms with van der Waals surface area (Å²) in [5.74, 6) is -5.95. The molecule has 3 aromatic carbocycles. The first kappa shape index (κ1) is 26.3. The van der Waals surface area contributed by atoms with Crippen LogP contribution in [-0.4, -0.2) is 24.4 Å². The van der Waals surface area contributed by atoms with Crippen molar-refractivity contribution in [1.29, 1.82) is 0 Å². The normalized spacial score (nSPS) is 12.5. The lowest BCUT2D eigenvalue weighted by Gasteiger charge is -2.22. The third kappa shape index (κ3) is 5.51. The fourth-order valence-electron chi connectivity index (χ4n) is 3.81. The Labute approximate surface area is 210 Å². The molecule has 1 heterocycles. The van der Waals surface area contributed by atoms with Crippen LogP contribution < -0.4 is 4.72 Å². The van der Waals surface area contributed by atoms with Gasteiger partial charge in [0.2, 0.25) is 0 Å². The van der Waals surface area contributed by atoms with E-state index >= 15 is 8.78 Å². The second kappa shape index (κ2) is 9.97. The van der Waals surface area contributed by atoms with Gasteiger partial charge >= 0.3 is 12.1 Å². The average Bonchev–Trinajstić information content (AvgIpc) is 3.21. The predicted molar refractivity (Wildman–Crippen MR) is 130 cm³/mol. The number of nitrogens with one attached hydrogen (secondary N) is 1. The lowest BCUT2D eigenvalue weighted by atomic mass is 10.00. The first-order valence-corrected chi connectivity index (χ1v) is 12.6. The van der Waals surface area contributed by atoms with E-state index < -0.39 is 39.2 Å². The standard InChI is InChI=1S/C26H22F5N3O2S/c1-18-12-14-20(15-13-18)22-23(25(27,28)26(29,30)31)34(17-16-19-8-4-2-5-9-19)32-24(22)33-37(35,36)21-10-6-3-7-11-21/h2-15H,16-17H2,1H3,(H,32,33). The van der Waals surface area contributed by atoms with Crippen molar-refractivity contribution in [1.82, 2.24) is 9.78 Å². The molecule has 0 aliphatic rings. The Morgan fingerprint density at radius 1 is 0.838 bits per heavy atom. The van der Waals surface area contributed by atoms with Crippen LogP contribution in [0.2, 0.25) is 0 Å². The van der Waals surface area contributed by atoms with Gasteiger partial charge in [0.15, 0.2) is 5.82 Å². The summed E-state index contributed by atoms with van der Waals surface area (Å²) in [5.41, 5.74) is -0.708. The number of hydrogen-bond donors (Lipinski definition) is 1. The van der Waals surface area contributed by atoms with Gasteiger partial charge in [0.05, 0.1) is 10.5 Å². The summed E-state index contributed by atoms with van der Waals surface area (Å²) in [5, 5.41) is 3.96. The summed E-state index contributed by atoms with van der Waals surface area (Å²) in [4.78, 5) is -0.201. The van der Waals surface area contributed by atoms with Crippen molar-refractivity contribution in [2.24, 2.45) is 0 Å². The Hall–Kier alpha value is -3.73. The zero-order chi connectivity index (χ0) is 26.8. The van der Waals surface area contributed by atoms with Gasteiger partial charge in [-0.15, -0.1) is 0 Å². The van der Waals surface area contributed by atoms with Crippen LogP contribution >= 0.6 is 0 Å². The second-order valence-electron chi connectivity index (χ2n) is 8.39. The van der Waals surface area contributed by atoms with E-state index in [1.165, 1.54) is 48.5 Å². The largest absolute Gasteiger partial charge is 0.459 e. The fourth-order valence-corrected chi connectivity index (χ4v) is 4.84. The lowest BCUT2D eigenvalue weighted by Crippen LogP contribution is -2.36. The number of anilines is 1. The van der Waals surface area contributed by atoms with Crippen LogP contribution in [-0.2, 0) is 28.9 Å². The zero-order valence-corrected chi connectivity index (χ0v) is 20.3. The van der Waals surface area contributed by atoms with Crippen molar-refractivity contribution >= 4 is 15.8 Å². The van der Waals surface area contributed by atoms with Crippen molar-refractivity contribution in [3.8, 4) is 11.1 Å². The lowest BCUT2D eigenvalue weighted by molar-refractivity contribution is -0.291. The minimum Gasteiger partial charge on any atom is -0.261 e. The molecular weight excluding hydrogens is 513 g/mol. The molecule has 0 saturated heterocycles. The maximum absolute atomic E-state index is 15.1. The van der Waals surface area contributed by atoms with Crippen molar-refractivity contribution < 1.29 is 30.4 Å². The Balaban J connectivity index is 1.93. The van der Waals surface area contributed by atoms with Gasteiger partial charge in [-0.2, -0.15) is 27.1 Å². The summed E-state index contributed by atoms with van der Waals surface area (Å²) in [6, 6.07) is 21.4. The Kier molecular flexibility index (Phi) is 7.09. The quantitative estimate of drug-likeness (QED) is 0.260. The molecule has 0 spiro atoms. The summed E-state index contributed by atoms with van der Waals surface area (Å²) in [6.45, 7) is 1.37. The SMILES string of the molecule is Cc1ccc(-c2c(NS(=O)(=O)c3ccccc3)nn(CCc3ccccc3)c2C(F)(F)C(F)(F)F)cc1. The summed E-state index contributed by atoms with van der Waals surface area (Å²) < 4.78 is 100.0. The van der Waals surface area contributed by atoms with E-state index in [1.807, 2.05) is 0 Å². The molecule has 0 unspecified atom stereocenters. The molecule has 0 saturated carbocycles. The minimum atomic E-state index is -5.95. The third-order valence-electron chi connectivity index (χ3n) is 5.69. The van der Waals surface area contributed by atoms with E-state index in [1.54, 1.807) is 43.3 Å². The second-order valence-corrected chi connectivity index (χ2v) is 10.1. The molecule has 1 N–H and O–H groups in total. The van der Waals surface area contributed by atoms with Crippen molar-refractivity contribution in [3.63, 3.8) is 0 Å². The van der Waals surface area contributed by atoms with Gasteiger partial charge in [-0.3, -0.25) is 9.40 Å². The maximum Gasteiger partial charge on any atom is 0.459 e. The van der Waals surface area contributed by atoms with Crippen LogP contribution in [0.5, 0.6) is 0 Å². The molecule has 5 nitrogen and oxygen atoms in total. The zero-order valence-electron chi connectivity index (χ0n) is 19.5. The van der Waals surface area contributed by atoms with Gasteiger partial charge in [0.1, 0.15) is 5.69 Å². The molecule has 194 valence electrons. The first-order valence-electron chi connectivity index (χ1n) is 11.1. The van der Waals surface area contributed by atoms with Gasteiger partial charge in [-0.25, -0.2) is 8.42 Å². The number of halogens is 5. The highest BCUT2D eigenvalue weighted by atomic mass is 32.2. The number of benzene rings is 3. The minimum absolute atomic E-state index is 0.0405. The molecule has 1 aromatic heterocycles. The van der Waals surface area contributed by atoms with Crippen molar-refractivity contribution in [2.75, 3.05) is 4.72 Å². The van der Waals surface area contributed by atoms with E-state index in [4.69, 9.17) is 0 Å². The first-order chi connectivity index (χ1) is 17.4. The molecule has 0 atom stereocenters. The predicted octanol–water partition coefficient (Wildman–Crippen LogP) is 6.56. The van der Waals surface area contributed by atoms with Crippen LogP contribution in [0.25, 0.3) is 11.1 Å². The molecule has 4 aromatic rings. The molecular formula is C26H22F5N3O2S. The number of sulfonamides is 1. The van der Waals surface area contributed by atoms with Crippen LogP contribution in [0.1, 0.15) is 16.8 Å². The van der Waals surface area contributed by atoms with E-state index in [-0.39, 0.29) is 23.4 Å². The van der Waals surface area contributed by atoms with Crippen LogP contribution in [0.15, 0.2) is 89.8 Å². The topological polar surface area (TPSA) is 64.0 Å². The highest BCUT2D eigenvalue weighted by molar-refractivity contribution is 7.92. The Morgan fingerprint density at radius 2 is 1.41 bits per heavy atom. The molecule has 0 aliphatic heterocycles. The molecule has 4 rings (SSSR count). The van der Waals surface area contributed by atoms with Gasteiger partial charge < -0.3 is 0 Å². The third-order valence-corrected chi connectivity index (χ3v) is 7.04. The number of rotatable bonds is 8. The van der Waals surface area contributed by atoms with Gasteiger partial charge in [-0.1, -0.05) is 78.4 Å². The van der Waals surface area contributed by atoms with Crippen LogP contribution in [0.4, 0.5) is 27.8 Å². The number of hydrogen-bond acceptors (Lipinski definition) is 3. The highest BCUT2D eigenvalue weighted by Crippen LogP contribution is 2.49.